The van der Waals surface area contributed by atoms with Crippen LogP contribution in [0.25, 0.3) is 0 Å². The lowest BCUT2D eigenvalue weighted by molar-refractivity contribution is -0.142. The molecule has 1 aromatic rings. The second kappa shape index (κ2) is 4.03. The minimum Gasteiger partial charge on any atom is -0.468 e. The summed E-state index contributed by atoms with van der Waals surface area (Å²) in [6.45, 7) is 0. The van der Waals surface area contributed by atoms with E-state index in [4.69, 9.17) is 5.73 Å². The van der Waals surface area contributed by atoms with E-state index >= 15 is 0 Å². The molecule has 1 saturated carbocycles. The Kier molecular flexibility index (Phi) is 2.73. The molecular weight excluding hydrogens is 190 g/mol. The monoisotopic (exact) mass is 205 g/mol. The Morgan fingerprint density at radius 3 is 2.73 bits per heavy atom. The number of hydrogen-bond acceptors (Lipinski definition) is 3. The summed E-state index contributed by atoms with van der Waals surface area (Å²) in [5, 5.41) is 0. The maximum absolute atomic E-state index is 11.4. The van der Waals surface area contributed by atoms with E-state index in [2.05, 4.69) is 10.8 Å². The highest BCUT2D eigenvalue weighted by Gasteiger charge is 2.29. The Bertz CT molecular complexity index is 372. The van der Waals surface area contributed by atoms with Gasteiger partial charge in [-0.2, -0.15) is 0 Å². The highest BCUT2D eigenvalue weighted by Crippen LogP contribution is 2.42. The van der Waals surface area contributed by atoms with E-state index in [1.165, 1.54) is 25.5 Å². The van der Waals surface area contributed by atoms with Crippen LogP contribution in [0, 0.1) is 0 Å². The van der Waals surface area contributed by atoms with Crippen LogP contribution < -0.4 is 5.73 Å². The average molecular weight is 205 g/mol. The first-order valence-electron chi connectivity index (χ1n) is 5.16. The van der Waals surface area contributed by atoms with Gasteiger partial charge in [-0.1, -0.05) is 24.3 Å². The molecular formula is C12H15NO2. The standard InChI is InChI=1S/C12H15NO2/c1-15-12(14)11(13)10-5-3-2-4-9(10)8-6-7-8/h2-5,8,11H,6-7,13H2,1H3. The Balaban J connectivity index is 2.29. The maximum Gasteiger partial charge on any atom is 0.327 e. The van der Waals surface area contributed by atoms with Crippen LogP contribution >= 0.6 is 0 Å². The minimum atomic E-state index is -0.646. The van der Waals surface area contributed by atoms with Gasteiger partial charge in [-0.05, 0) is 29.9 Å². The topological polar surface area (TPSA) is 52.3 Å². The summed E-state index contributed by atoms with van der Waals surface area (Å²) >= 11 is 0. The molecule has 1 atom stereocenters. The van der Waals surface area contributed by atoms with Gasteiger partial charge in [-0.25, -0.2) is 0 Å². The number of rotatable bonds is 3. The quantitative estimate of drug-likeness (QED) is 0.765. The second-order valence-corrected chi connectivity index (χ2v) is 3.90. The van der Waals surface area contributed by atoms with Gasteiger partial charge in [0.2, 0.25) is 0 Å². The number of benzene rings is 1. The fourth-order valence-electron chi connectivity index (χ4n) is 1.81. The van der Waals surface area contributed by atoms with Crippen molar-refractivity contribution in [3.05, 3.63) is 35.4 Å². The zero-order valence-corrected chi connectivity index (χ0v) is 8.77. The normalized spacial score (nSPS) is 17.2. The fourth-order valence-corrected chi connectivity index (χ4v) is 1.81. The molecule has 2 rings (SSSR count). The molecule has 0 bridgehead atoms. The van der Waals surface area contributed by atoms with Crippen molar-refractivity contribution in [1.82, 2.24) is 0 Å². The molecule has 80 valence electrons. The molecule has 0 radical (unpaired) electrons. The highest BCUT2D eigenvalue weighted by molar-refractivity contribution is 5.77. The molecule has 3 nitrogen and oxygen atoms in total. The van der Waals surface area contributed by atoms with Crippen LogP contribution in [0.1, 0.15) is 35.9 Å². The lowest BCUT2D eigenvalue weighted by Crippen LogP contribution is -2.23. The molecule has 15 heavy (non-hydrogen) atoms. The molecule has 0 spiro atoms. The lowest BCUT2D eigenvalue weighted by atomic mass is 9.98. The first-order chi connectivity index (χ1) is 7.24. The zero-order chi connectivity index (χ0) is 10.8. The highest BCUT2D eigenvalue weighted by atomic mass is 16.5. The van der Waals surface area contributed by atoms with E-state index in [1.54, 1.807) is 0 Å². The van der Waals surface area contributed by atoms with E-state index in [0.717, 1.165) is 5.56 Å². The SMILES string of the molecule is COC(=O)C(N)c1ccccc1C1CC1. The molecule has 1 fully saturated rings. The van der Waals surface area contributed by atoms with Crippen LogP contribution in [-0.4, -0.2) is 13.1 Å². The number of methoxy groups -OCH3 is 1. The molecule has 0 saturated heterocycles. The van der Waals surface area contributed by atoms with Crippen molar-refractivity contribution in [3.63, 3.8) is 0 Å². The molecule has 3 heteroatoms. The van der Waals surface area contributed by atoms with E-state index in [0.29, 0.717) is 5.92 Å². The number of nitrogens with two attached hydrogens (primary N) is 1. The summed E-state index contributed by atoms with van der Waals surface area (Å²) < 4.78 is 4.66. The van der Waals surface area contributed by atoms with Crippen LogP contribution in [-0.2, 0) is 9.53 Å². The van der Waals surface area contributed by atoms with Gasteiger partial charge in [0.15, 0.2) is 0 Å². The predicted octanol–water partition coefficient (Wildman–Crippen LogP) is 1.74. The van der Waals surface area contributed by atoms with E-state index < -0.39 is 6.04 Å². The van der Waals surface area contributed by atoms with E-state index in [9.17, 15) is 4.79 Å². The van der Waals surface area contributed by atoms with Gasteiger partial charge in [0.1, 0.15) is 6.04 Å². The van der Waals surface area contributed by atoms with Gasteiger partial charge in [-0.3, -0.25) is 4.79 Å². The van der Waals surface area contributed by atoms with Gasteiger partial charge >= 0.3 is 5.97 Å². The summed E-state index contributed by atoms with van der Waals surface area (Å²) in [6, 6.07) is 7.21. The van der Waals surface area contributed by atoms with Crippen LogP contribution in [0.2, 0.25) is 0 Å². The molecule has 0 amide bonds. The molecule has 0 heterocycles. The zero-order valence-electron chi connectivity index (χ0n) is 8.77. The van der Waals surface area contributed by atoms with Gasteiger partial charge in [-0.15, -0.1) is 0 Å². The number of carbonyl (C=O) groups excluding carboxylic acids is 1. The van der Waals surface area contributed by atoms with Crippen LogP contribution in [0.4, 0.5) is 0 Å². The lowest BCUT2D eigenvalue weighted by Gasteiger charge is -2.13. The van der Waals surface area contributed by atoms with Gasteiger partial charge in [0.05, 0.1) is 7.11 Å². The van der Waals surface area contributed by atoms with Gasteiger partial charge in [0, 0.05) is 0 Å². The molecule has 1 aliphatic carbocycles. The van der Waals surface area contributed by atoms with Crippen LogP contribution in [0.15, 0.2) is 24.3 Å². The van der Waals surface area contributed by atoms with E-state index in [-0.39, 0.29) is 5.97 Å². The van der Waals surface area contributed by atoms with Crippen LogP contribution in [0.3, 0.4) is 0 Å². The van der Waals surface area contributed by atoms with Crippen molar-refractivity contribution < 1.29 is 9.53 Å². The summed E-state index contributed by atoms with van der Waals surface area (Å²) in [7, 11) is 1.36. The molecule has 1 aromatic carbocycles. The average Bonchev–Trinajstić information content (AvgIpc) is 3.11. The van der Waals surface area contributed by atoms with Crippen molar-refractivity contribution in [3.8, 4) is 0 Å². The summed E-state index contributed by atoms with van der Waals surface area (Å²) in [4.78, 5) is 11.4. The number of esters is 1. The fraction of sp³-hybridized carbons (Fsp3) is 0.417. The van der Waals surface area contributed by atoms with E-state index in [1.807, 2.05) is 18.2 Å². The molecule has 2 N–H and O–H groups in total. The largest absolute Gasteiger partial charge is 0.468 e. The molecule has 0 aliphatic heterocycles. The third kappa shape index (κ3) is 2.02. The Labute approximate surface area is 89.2 Å². The predicted molar refractivity (Wildman–Crippen MR) is 57.4 cm³/mol. The van der Waals surface area contributed by atoms with Gasteiger partial charge in [0.25, 0.3) is 0 Å². The Hall–Kier alpha value is -1.35. The van der Waals surface area contributed by atoms with Crippen molar-refractivity contribution in [2.75, 3.05) is 7.11 Å². The third-order valence-electron chi connectivity index (χ3n) is 2.80. The van der Waals surface area contributed by atoms with Crippen LogP contribution in [0.5, 0.6) is 0 Å². The van der Waals surface area contributed by atoms with Crippen molar-refractivity contribution in [2.45, 2.75) is 24.8 Å². The number of carbonyl (C=O) groups is 1. The number of ether oxygens (including phenoxy) is 1. The number of hydrogen-bond donors (Lipinski definition) is 1. The smallest absolute Gasteiger partial charge is 0.327 e. The minimum absolute atomic E-state index is 0.372. The molecule has 1 unspecified atom stereocenters. The second-order valence-electron chi connectivity index (χ2n) is 3.90. The van der Waals surface area contributed by atoms with Crippen molar-refractivity contribution in [1.29, 1.82) is 0 Å². The van der Waals surface area contributed by atoms with Crippen molar-refractivity contribution >= 4 is 5.97 Å². The summed E-state index contributed by atoms with van der Waals surface area (Å²) in [6.07, 6.45) is 2.40. The van der Waals surface area contributed by atoms with Gasteiger partial charge < -0.3 is 10.5 Å². The first kappa shape index (κ1) is 10.2. The Morgan fingerprint density at radius 2 is 2.13 bits per heavy atom. The Morgan fingerprint density at radius 1 is 1.47 bits per heavy atom. The molecule has 0 aromatic heterocycles. The maximum atomic E-state index is 11.4. The summed E-state index contributed by atoms with van der Waals surface area (Å²) in [5.41, 5.74) is 7.95. The molecule has 1 aliphatic rings. The van der Waals surface area contributed by atoms with Crippen molar-refractivity contribution in [2.24, 2.45) is 5.73 Å². The first-order valence-corrected chi connectivity index (χ1v) is 5.16. The summed E-state index contributed by atoms with van der Waals surface area (Å²) in [5.74, 6) is 0.222. The third-order valence-corrected chi connectivity index (χ3v) is 2.80.